The minimum atomic E-state index is -0.465. The number of unbranched alkanes of at least 4 members (excludes halogenated alkanes) is 1. The average molecular weight is 296 g/mol. The molecule has 4 heteroatoms. The molecule has 1 N–H and O–H groups in total. The Balaban J connectivity index is 2.05. The van der Waals surface area contributed by atoms with Gasteiger partial charge in [-0.2, -0.15) is 0 Å². The number of nitrogens with one attached hydrogen (secondary N) is 1. The van der Waals surface area contributed by atoms with E-state index in [0.29, 0.717) is 12.1 Å². The Labute approximate surface area is 129 Å². The minimum Gasteiger partial charge on any atom is -0.468 e. The summed E-state index contributed by atoms with van der Waals surface area (Å²) < 4.78 is 5.10. The van der Waals surface area contributed by atoms with E-state index in [-0.39, 0.29) is 5.97 Å². The normalized spacial score (nSPS) is 29.3. The first kappa shape index (κ1) is 16.8. The topological polar surface area (TPSA) is 41.6 Å². The summed E-state index contributed by atoms with van der Waals surface area (Å²) in [6.45, 7) is 7.64. The van der Waals surface area contributed by atoms with Gasteiger partial charge in [0.25, 0.3) is 0 Å². The Bertz CT molecular complexity index is 355. The molecule has 0 aromatic rings. The van der Waals surface area contributed by atoms with Crippen LogP contribution >= 0.6 is 0 Å². The van der Waals surface area contributed by atoms with Gasteiger partial charge in [-0.3, -0.25) is 15.0 Å². The molecule has 2 aliphatic carbocycles. The van der Waals surface area contributed by atoms with E-state index < -0.39 is 5.54 Å². The second-order valence-corrected chi connectivity index (χ2v) is 7.09. The van der Waals surface area contributed by atoms with Gasteiger partial charge in [-0.05, 0) is 58.9 Å². The van der Waals surface area contributed by atoms with Crippen LogP contribution in [0.2, 0.25) is 0 Å². The van der Waals surface area contributed by atoms with Crippen molar-refractivity contribution in [2.24, 2.45) is 0 Å². The Morgan fingerprint density at radius 2 is 2.05 bits per heavy atom. The van der Waals surface area contributed by atoms with Crippen molar-refractivity contribution in [1.29, 1.82) is 0 Å². The third-order valence-corrected chi connectivity index (χ3v) is 4.88. The summed E-state index contributed by atoms with van der Waals surface area (Å²) in [6, 6.07) is 1.61. The Morgan fingerprint density at radius 1 is 1.33 bits per heavy atom. The van der Waals surface area contributed by atoms with Crippen LogP contribution in [0.3, 0.4) is 0 Å². The van der Waals surface area contributed by atoms with Gasteiger partial charge in [0, 0.05) is 18.1 Å². The Hall–Kier alpha value is -0.610. The van der Waals surface area contributed by atoms with Crippen LogP contribution in [0.25, 0.3) is 0 Å². The molecule has 0 bridgehead atoms. The largest absolute Gasteiger partial charge is 0.468 e. The monoisotopic (exact) mass is 296 g/mol. The molecule has 2 fully saturated rings. The number of carbonyl (C=O) groups is 1. The van der Waals surface area contributed by atoms with Crippen LogP contribution in [-0.4, -0.2) is 48.2 Å². The number of hydrogen-bond acceptors (Lipinski definition) is 4. The number of esters is 1. The average Bonchev–Trinajstić information content (AvgIpc) is 3.20. The van der Waals surface area contributed by atoms with Gasteiger partial charge in [0.1, 0.15) is 5.54 Å². The summed E-state index contributed by atoms with van der Waals surface area (Å²) >= 11 is 0. The molecule has 122 valence electrons. The van der Waals surface area contributed by atoms with Gasteiger partial charge < -0.3 is 4.74 Å². The number of methoxy groups -OCH3 is 1. The van der Waals surface area contributed by atoms with Gasteiger partial charge >= 0.3 is 5.97 Å². The summed E-state index contributed by atoms with van der Waals surface area (Å²) in [7, 11) is 1.51. The van der Waals surface area contributed by atoms with Crippen LogP contribution in [0.15, 0.2) is 0 Å². The third kappa shape index (κ3) is 3.98. The van der Waals surface area contributed by atoms with Gasteiger partial charge in [0.05, 0.1) is 7.11 Å². The van der Waals surface area contributed by atoms with Gasteiger partial charge in [0.2, 0.25) is 0 Å². The Kier molecular flexibility index (Phi) is 5.67. The predicted octanol–water partition coefficient (Wildman–Crippen LogP) is 2.71. The van der Waals surface area contributed by atoms with E-state index in [0.717, 1.165) is 25.3 Å². The maximum Gasteiger partial charge on any atom is 0.326 e. The quantitative estimate of drug-likeness (QED) is 0.699. The molecule has 0 spiro atoms. The second-order valence-electron chi connectivity index (χ2n) is 7.09. The lowest BCUT2D eigenvalue weighted by Crippen LogP contribution is -2.54. The van der Waals surface area contributed by atoms with Crippen molar-refractivity contribution in [3.05, 3.63) is 0 Å². The number of carbonyl (C=O) groups excluding carboxylic acids is 1. The van der Waals surface area contributed by atoms with E-state index in [1.54, 1.807) is 0 Å². The molecule has 2 aliphatic rings. The van der Waals surface area contributed by atoms with E-state index in [9.17, 15) is 4.79 Å². The fourth-order valence-corrected chi connectivity index (χ4v) is 3.84. The van der Waals surface area contributed by atoms with E-state index in [1.165, 1.54) is 39.3 Å². The first-order valence-corrected chi connectivity index (χ1v) is 8.64. The Morgan fingerprint density at radius 3 is 2.57 bits per heavy atom. The van der Waals surface area contributed by atoms with Crippen molar-refractivity contribution in [3.63, 3.8) is 0 Å². The van der Waals surface area contributed by atoms with Crippen LogP contribution in [0.1, 0.15) is 65.7 Å². The number of ether oxygens (including phenoxy) is 1. The number of nitrogens with zero attached hydrogens (tertiary/aromatic N) is 1. The van der Waals surface area contributed by atoms with Crippen molar-refractivity contribution >= 4 is 5.97 Å². The predicted molar refractivity (Wildman–Crippen MR) is 85.3 cm³/mol. The van der Waals surface area contributed by atoms with E-state index in [4.69, 9.17) is 4.74 Å². The minimum absolute atomic E-state index is 0.0788. The van der Waals surface area contributed by atoms with Gasteiger partial charge in [-0.15, -0.1) is 0 Å². The van der Waals surface area contributed by atoms with E-state index in [1.807, 2.05) is 0 Å². The zero-order chi connectivity index (χ0) is 15.5. The van der Waals surface area contributed by atoms with Crippen molar-refractivity contribution in [3.8, 4) is 0 Å². The highest BCUT2D eigenvalue weighted by molar-refractivity contribution is 5.81. The number of rotatable bonds is 8. The SMILES string of the molecule is CCCCN(C1CC1)C1CCC(NC(C)C)(C(=O)OC)C1. The highest BCUT2D eigenvalue weighted by atomic mass is 16.5. The lowest BCUT2D eigenvalue weighted by Gasteiger charge is -2.33. The lowest BCUT2D eigenvalue weighted by molar-refractivity contribution is -0.149. The van der Waals surface area contributed by atoms with Crippen LogP contribution in [0, 0.1) is 0 Å². The fraction of sp³-hybridized carbons (Fsp3) is 0.941. The second kappa shape index (κ2) is 7.10. The summed E-state index contributed by atoms with van der Waals surface area (Å²) in [4.78, 5) is 15.0. The first-order valence-electron chi connectivity index (χ1n) is 8.64. The maximum atomic E-state index is 12.3. The summed E-state index contributed by atoms with van der Waals surface area (Å²) in [5.74, 6) is -0.0788. The summed E-state index contributed by atoms with van der Waals surface area (Å²) in [5.41, 5.74) is -0.465. The molecular weight excluding hydrogens is 264 g/mol. The highest BCUT2D eigenvalue weighted by Gasteiger charge is 2.49. The fourth-order valence-electron chi connectivity index (χ4n) is 3.84. The molecule has 2 saturated carbocycles. The zero-order valence-electron chi connectivity index (χ0n) is 14.2. The zero-order valence-corrected chi connectivity index (χ0v) is 14.2. The third-order valence-electron chi connectivity index (χ3n) is 4.88. The van der Waals surface area contributed by atoms with Gasteiger partial charge in [-0.1, -0.05) is 13.3 Å². The molecule has 2 unspecified atom stereocenters. The maximum absolute atomic E-state index is 12.3. The van der Waals surface area contributed by atoms with Crippen LogP contribution in [-0.2, 0) is 9.53 Å². The molecule has 4 nitrogen and oxygen atoms in total. The van der Waals surface area contributed by atoms with Gasteiger partial charge in [-0.25, -0.2) is 0 Å². The van der Waals surface area contributed by atoms with Crippen LogP contribution in [0.5, 0.6) is 0 Å². The van der Waals surface area contributed by atoms with E-state index >= 15 is 0 Å². The smallest absolute Gasteiger partial charge is 0.326 e. The molecule has 0 aromatic carbocycles. The van der Waals surface area contributed by atoms with Crippen molar-refractivity contribution in [2.45, 2.75) is 89.4 Å². The van der Waals surface area contributed by atoms with E-state index in [2.05, 4.69) is 31.0 Å². The molecule has 0 saturated heterocycles. The highest BCUT2D eigenvalue weighted by Crippen LogP contribution is 2.39. The molecule has 0 aliphatic heterocycles. The van der Waals surface area contributed by atoms with Crippen LogP contribution in [0.4, 0.5) is 0 Å². The van der Waals surface area contributed by atoms with Gasteiger partial charge in [0.15, 0.2) is 0 Å². The van der Waals surface area contributed by atoms with Crippen LogP contribution < -0.4 is 5.32 Å². The summed E-state index contributed by atoms with van der Waals surface area (Å²) in [6.07, 6.45) is 8.08. The molecule has 21 heavy (non-hydrogen) atoms. The molecule has 0 aromatic heterocycles. The molecule has 0 radical (unpaired) electrons. The first-order chi connectivity index (χ1) is 10.0. The van der Waals surface area contributed by atoms with Crippen molar-refractivity contribution in [2.75, 3.05) is 13.7 Å². The number of hydrogen-bond donors (Lipinski definition) is 1. The summed E-state index contributed by atoms with van der Waals surface area (Å²) in [5, 5.41) is 3.50. The molecule has 2 rings (SSSR count). The van der Waals surface area contributed by atoms with Crippen molar-refractivity contribution in [1.82, 2.24) is 10.2 Å². The lowest BCUT2D eigenvalue weighted by atomic mass is 9.96. The standard InChI is InChI=1S/C17H32N2O2/c1-5-6-11-19(14-7-8-14)15-9-10-17(12-15,16(20)21-4)18-13(2)3/h13-15,18H,5-12H2,1-4H3. The molecule has 0 heterocycles. The molecule has 0 amide bonds. The van der Waals surface area contributed by atoms with Crippen molar-refractivity contribution < 1.29 is 9.53 Å². The molecular formula is C17H32N2O2. The molecule has 2 atom stereocenters.